The fraction of sp³-hybridized carbons (Fsp3) is 0.429. The van der Waals surface area contributed by atoms with E-state index in [1.165, 1.54) is 4.90 Å². The molecule has 120 valence electrons. The molecule has 1 N–H and O–H groups in total. The summed E-state index contributed by atoms with van der Waals surface area (Å²) in [5.41, 5.74) is 0. The standard InChI is InChI=1S/C14H15Cl2NO5/c1-8(22-11-5-9(15)4-10(16)6-11)13(18)17-2-3-21-12(7-17)14(19)20/h4-6,8,12H,2-3,7H2,1H3,(H,19,20). The molecule has 2 atom stereocenters. The predicted molar refractivity (Wildman–Crippen MR) is 80.5 cm³/mol. The van der Waals surface area contributed by atoms with E-state index in [9.17, 15) is 9.59 Å². The Hall–Kier alpha value is -1.50. The third-order valence-electron chi connectivity index (χ3n) is 3.15. The lowest BCUT2D eigenvalue weighted by Crippen LogP contribution is -2.51. The minimum atomic E-state index is -1.09. The van der Waals surface area contributed by atoms with E-state index in [-0.39, 0.29) is 19.1 Å². The molecule has 1 aromatic carbocycles. The number of morpholine rings is 1. The van der Waals surface area contributed by atoms with Crippen molar-refractivity contribution in [2.24, 2.45) is 0 Å². The number of ether oxygens (including phenoxy) is 2. The van der Waals surface area contributed by atoms with Gasteiger partial charge in [0.2, 0.25) is 0 Å². The van der Waals surface area contributed by atoms with Crippen LogP contribution in [0.1, 0.15) is 6.92 Å². The molecular formula is C14H15Cl2NO5. The van der Waals surface area contributed by atoms with Gasteiger partial charge in [0.25, 0.3) is 5.91 Å². The van der Waals surface area contributed by atoms with Gasteiger partial charge in [0.15, 0.2) is 12.2 Å². The lowest BCUT2D eigenvalue weighted by atomic mass is 10.2. The molecule has 8 heteroatoms. The van der Waals surface area contributed by atoms with Gasteiger partial charge >= 0.3 is 5.97 Å². The summed E-state index contributed by atoms with van der Waals surface area (Å²) in [6.07, 6.45) is -1.80. The predicted octanol–water partition coefficient (Wildman–Crippen LogP) is 2.07. The lowest BCUT2D eigenvalue weighted by molar-refractivity contribution is -0.161. The summed E-state index contributed by atoms with van der Waals surface area (Å²) in [6, 6.07) is 4.66. The van der Waals surface area contributed by atoms with Gasteiger partial charge in [0.05, 0.1) is 13.2 Å². The van der Waals surface area contributed by atoms with Crippen LogP contribution >= 0.6 is 23.2 Å². The zero-order chi connectivity index (χ0) is 16.3. The summed E-state index contributed by atoms with van der Waals surface area (Å²) in [6.45, 7) is 2.09. The number of amides is 1. The van der Waals surface area contributed by atoms with E-state index >= 15 is 0 Å². The van der Waals surface area contributed by atoms with Crippen LogP contribution in [0.3, 0.4) is 0 Å². The SMILES string of the molecule is CC(Oc1cc(Cl)cc(Cl)c1)C(=O)N1CCOC(C(=O)O)C1. The third-order valence-corrected chi connectivity index (χ3v) is 3.59. The van der Waals surface area contributed by atoms with Crippen molar-refractivity contribution in [3.05, 3.63) is 28.2 Å². The van der Waals surface area contributed by atoms with Gasteiger partial charge in [-0.25, -0.2) is 4.79 Å². The number of hydrogen-bond donors (Lipinski definition) is 1. The number of benzene rings is 1. The molecular weight excluding hydrogens is 333 g/mol. The molecule has 0 spiro atoms. The van der Waals surface area contributed by atoms with Crippen molar-refractivity contribution in [2.75, 3.05) is 19.7 Å². The first-order chi connectivity index (χ1) is 10.4. The summed E-state index contributed by atoms with van der Waals surface area (Å²) < 4.78 is 10.6. The van der Waals surface area contributed by atoms with Crippen LogP contribution in [0.25, 0.3) is 0 Å². The summed E-state index contributed by atoms with van der Waals surface area (Å²) in [5, 5.41) is 9.75. The zero-order valence-corrected chi connectivity index (χ0v) is 13.3. The maximum Gasteiger partial charge on any atom is 0.334 e. The molecule has 0 saturated carbocycles. The van der Waals surface area contributed by atoms with E-state index in [0.29, 0.717) is 22.3 Å². The van der Waals surface area contributed by atoms with Crippen molar-refractivity contribution >= 4 is 35.1 Å². The summed E-state index contributed by atoms with van der Waals surface area (Å²) in [7, 11) is 0. The first kappa shape index (κ1) is 16.9. The highest BCUT2D eigenvalue weighted by atomic mass is 35.5. The van der Waals surface area contributed by atoms with Crippen LogP contribution in [-0.4, -0.2) is 53.8 Å². The average Bonchev–Trinajstić information content (AvgIpc) is 2.45. The molecule has 1 fully saturated rings. The fourth-order valence-corrected chi connectivity index (χ4v) is 2.61. The van der Waals surface area contributed by atoms with Crippen molar-refractivity contribution in [2.45, 2.75) is 19.1 Å². The fourth-order valence-electron chi connectivity index (χ4n) is 2.11. The average molecular weight is 348 g/mol. The zero-order valence-electron chi connectivity index (χ0n) is 11.8. The molecule has 0 aromatic heterocycles. The molecule has 22 heavy (non-hydrogen) atoms. The van der Waals surface area contributed by atoms with Crippen LogP contribution in [0.2, 0.25) is 10.0 Å². The Morgan fingerprint density at radius 3 is 2.59 bits per heavy atom. The Labute approximate surface area is 137 Å². The van der Waals surface area contributed by atoms with E-state index in [1.54, 1.807) is 25.1 Å². The molecule has 6 nitrogen and oxygen atoms in total. The number of nitrogens with zero attached hydrogens (tertiary/aromatic N) is 1. The molecule has 0 radical (unpaired) electrons. The van der Waals surface area contributed by atoms with E-state index in [1.807, 2.05) is 0 Å². The van der Waals surface area contributed by atoms with Crippen LogP contribution in [-0.2, 0) is 14.3 Å². The van der Waals surface area contributed by atoms with E-state index in [0.717, 1.165) is 0 Å². The molecule has 1 aromatic rings. The van der Waals surface area contributed by atoms with Crippen molar-refractivity contribution < 1.29 is 24.2 Å². The Kier molecular flexibility index (Phi) is 5.50. The maximum atomic E-state index is 12.3. The number of carbonyl (C=O) groups is 2. The first-order valence-electron chi connectivity index (χ1n) is 6.63. The highest BCUT2D eigenvalue weighted by molar-refractivity contribution is 6.34. The van der Waals surface area contributed by atoms with Crippen molar-refractivity contribution in [3.8, 4) is 5.75 Å². The number of halogens is 2. The maximum absolute atomic E-state index is 12.3. The van der Waals surface area contributed by atoms with Gasteiger partial charge < -0.3 is 19.5 Å². The van der Waals surface area contributed by atoms with Gasteiger partial charge in [-0.3, -0.25) is 4.79 Å². The van der Waals surface area contributed by atoms with Crippen LogP contribution < -0.4 is 4.74 Å². The quantitative estimate of drug-likeness (QED) is 0.902. The summed E-state index contributed by atoms with van der Waals surface area (Å²) in [4.78, 5) is 24.7. The van der Waals surface area contributed by atoms with Gasteiger partial charge in [-0.1, -0.05) is 23.2 Å². The normalized spacial score (nSPS) is 19.6. The number of aliphatic carboxylic acids is 1. The smallest absolute Gasteiger partial charge is 0.334 e. The second-order valence-electron chi connectivity index (χ2n) is 4.85. The second kappa shape index (κ2) is 7.17. The van der Waals surface area contributed by atoms with Gasteiger partial charge in [-0.2, -0.15) is 0 Å². The molecule has 1 saturated heterocycles. The largest absolute Gasteiger partial charge is 0.481 e. The number of carbonyl (C=O) groups excluding carboxylic acids is 1. The molecule has 1 aliphatic rings. The van der Waals surface area contributed by atoms with Gasteiger partial charge in [0.1, 0.15) is 5.75 Å². The topological polar surface area (TPSA) is 76.1 Å². The molecule has 2 rings (SSSR count). The third kappa shape index (κ3) is 4.25. The number of hydrogen-bond acceptors (Lipinski definition) is 4. The van der Waals surface area contributed by atoms with E-state index in [4.69, 9.17) is 37.8 Å². The summed E-state index contributed by atoms with van der Waals surface area (Å²) >= 11 is 11.7. The van der Waals surface area contributed by atoms with Gasteiger partial charge in [0, 0.05) is 16.6 Å². The van der Waals surface area contributed by atoms with Crippen LogP contribution in [0.5, 0.6) is 5.75 Å². The van der Waals surface area contributed by atoms with Crippen LogP contribution in [0.15, 0.2) is 18.2 Å². The Balaban J connectivity index is 2.00. The van der Waals surface area contributed by atoms with Crippen LogP contribution in [0, 0.1) is 0 Å². The Morgan fingerprint density at radius 2 is 2.00 bits per heavy atom. The van der Waals surface area contributed by atoms with Crippen molar-refractivity contribution in [1.82, 2.24) is 4.90 Å². The number of carboxylic acids is 1. The van der Waals surface area contributed by atoms with Gasteiger partial charge in [-0.15, -0.1) is 0 Å². The number of carboxylic acid groups (broad SMARTS) is 1. The first-order valence-corrected chi connectivity index (χ1v) is 7.38. The number of rotatable bonds is 4. The second-order valence-corrected chi connectivity index (χ2v) is 5.72. The Bertz CT molecular complexity index is 560. The minimum absolute atomic E-state index is 0.00182. The molecule has 0 aliphatic carbocycles. The highest BCUT2D eigenvalue weighted by Crippen LogP contribution is 2.25. The molecule has 1 aliphatic heterocycles. The van der Waals surface area contributed by atoms with Crippen molar-refractivity contribution in [1.29, 1.82) is 0 Å². The molecule has 1 heterocycles. The van der Waals surface area contributed by atoms with Gasteiger partial charge in [-0.05, 0) is 25.1 Å². The molecule has 0 bridgehead atoms. The molecule has 1 amide bonds. The molecule has 2 unspecified atom stereocenters. The van der Waals surface area contributed by atoms with E-state index in [2.05, 4.69) is 0 Å². The lowest BCUT2D eigenvalue weighted by Gasteiger charge is -2.32. The monoisotopic (exact) mass is 347 g/mol. The summed E-state index contributed by atoms with van der Waals surface area (Å²) in [5.74, 6) is -1.03. The highest BCUT2D eigenvalue weighted by Gasteiger charge is 2.31. The van der Waals surface area contributed by atoms with E-state index < -0.39 is 18.2 Å². The Morgan fingerprint density at radius 1 is 1.36 bits per heavy atom. The van der Waals surface area contributed by atoms with Crippen molar-refractivity contribution in [3.63, 3.8) is 0 Å². The van der Waals surface area contributed by atoms with Crippen LogP contribution in [0.4, 0.5) is 0 Å². The minimum Gasteiger partial charge on any atom is -0.481 e.